The van der Waals surface area contributed by atoms with E-state index in [1.807, 2.05) is 4.90 Å². The molecule has 0 radical (unpaired) electrons. The van der Waals surface area contributed by atoms with Crippen molar-refractivity contribution in [1.29, 1.82) is 0 Å². The zero-order valence-corrected chi connectivity index (χ0v) is 14.5. The summed E-state index contributed by atoms with van der Waals surface area (Å²) in [5.41, 5.74) is 0.372. The topological polar surface area (TPSA) is 62.5 Å². The van der Waals surface area contributed by atoms with Gasteiger partial charge in [-0.3, -0.25) is 15.0 Å². The molecule has 144 valence electrons. The first-order chi connectivity index (χ1) is 12.8. The fraction of sp³-hybridized carbons (Fsp3) is 0.389. The van der Waals surface area contributed by atoms with Crippen molar-refractivity contribution in [1.82, 2.24) is 9.88 Å². The molecule has 6 nitrogen and oxygen atoms in total. The Morgan fingerprint density at radius 1 is 1.04 bits per heavy atom. The summed E-state index contributed by atoms with van der Waals surface area (Å²) >= 11 is 0. The van der Waals surface area contributed by atoms with E-state index in [-0.39, 0.29) is 5.69 Å². The minimum atomic E-state index is -4.37. The second kappa shape index (κ2) is 7.91. The number of halogens is 3. The number of nitro benzene ring substituents is 1. The van der Waals surface area contributed by atoms with Gasteiger partial charge in [0.15, 0.2) is 0 Å². The molecule has 0 atom stereocenters. The van der Waals surface area contributed by atoms with Crippen LogP contribution in [0.15, 0.2) is 42.6 Å². The van der Waals surface area contributed by atoms with Crippen LogP contribution in [0.2, 0.25) is 0 Å². The highest BCUT2D eigenvalue weighted by Gasteiger charge is 2.31. The molecular weight excluding hydrogens is 361 g/mol. The lowest BCUT2D eigenvalue weighted by Gasteiger charge is -2.35. The Balaban J connectivity index is 1.48. The number of pyridine rings is 1. The highest BCUT2D eigenvalue weighted by atomic mass is 19.4. The number of nitro groups is 1. The number of nitrogens with zero attached hydrogens (tertiary/aromatic N) is 4. The summed E-state index contributed by atoms with van der Waals surface area (Å²) in [6, 6.07) is 9.01. The summed E-state index contributed by atoms with van der Waals surface area (Å²) in [7, 11) is 0. The highest BCUT2D eigenvalue weighted by molar-refractivity contribution is 5.40. The molecule has 27 heavy (non-hydrogen) atoms. The predicted octanol–water partition coefficient (Wildman–Crippen LogP) is 3.37. The molecule has 1 fully saturated rings. The van der Waals surface area contributed by atoms with Gasteiger partial charge in [0.1, 0.15) is 5.82 Å². The SMILES string of the molecule is O=[N+]([O-])c1ccc(CCN2CCN(c3ccc(C(F)(F)F)cn3)CC2)cc1. The molecule has 1 aromatic carbocycles. The van der Waals surface area contributed by atoms with Crippen LogP contribution in [0.25, 0.3) is 0 Å². The van der Waals surface area contributed by atoms with Gasteiger partial charge in [0.05, 0.1) is 10.5 Å². The number of rotatable bonds is 5. The van der Waals surface area contributed by atoms with Crippen LogP contribution < -0.4 is 4.90 Å². The van der Waals surface area contributed by atoms with Crippen LogP contribution >= 0.6 is 0 Å². The summed E-state index contributed by atoms with van der Waals surface area (Å²) in [4.78, 5) is 18.4. The standard InChI is InChI=1S/C18H19F3N4O2/c19-18(20,21)15-3-6-17(22-13-15)24-11-9-23(10-12-24)8-7-14-1-4-16(5-2-14)25(26)27/h1-6,13H,7-12H2. The molecule has 3 rings (SSSR count). The van der Waals surface area contributed by atoms with Crippen LogP contribution in [0.3, 0.4) is 0 Å². The maximum absolute atomic E-state index is 12.6. The molecule has 1 aliphatic heterocycles. The molecule has 0 N–H and O–H groups in total. The molecule has 0 unspecified atom stereocenters. The van der Waals surface area contributed by atoms with Crippen molar-refractivity contribution >= 4 is 11.5 Å². The predicted molar refractivity (Wildman–Crippen MR) is 94.7 cm³/mol. The maximum atomic E-state index is 12.6. The second-order valence-corrected chi connectivity index (χ2v) is 6.41. The third-order valence-electron chi connectivity index (χ3n) is 4.64. The lowest BCUT2D eigenvalue weighted by atomic mass is 10.1. The number of non-ortho nitro benzene ring substituents is 1. The number of piperazine rings is 1. The molecule has 1 aliphatic rings. The summed E-state index contributed by atoms with van der Waals surface area (Å²) in [6.45, 7) is 3.79. The van der Waals surface area contributed by atoms with Gasteiger partial charge in [0.25, 0.3) is 5.69 Å². The summed E-state index contributed by atoms with van der Waals surface area (Å²) in [5.74, 6) is 0.554. The molecule has 2 heterocycles. The molecule has 0 saturated carbocycles. The molecule has 1 aromatic heterocycles. The Morgan fingerprint density at radius 2 is 1.70 bits per heavy atom. The largest absolute Gasteiger partial charge is 0.417 e. The molecule has 0 bridgehead atoms. The van der Waals surface area contributed by atoms with Crippen molar-refractivity contribution in [2.45, 2.75) is 12.6 Å². The van der Waals surface area contributed by atoms with Crippen LogP contribution in [0, 0.1) is 10.1 Å². The number of aromatic nitrogens is 1. The first-order valence-corrected chi connectivity index (χ1v) is 8.57. The number of alkyl halides is 3. The second-order valence-electron chi connectivity index (χ2n) is 6.41. The van der Waals surface area contributed by atoms with Crippen LogP contribution in [0.1, 0.15) is 11.1 Å². The molecular formula is C18H19F3N4O2. The Bertz CT molecular complexity index is 771. The normalized spacial score (nSPS) is 15.7. The van der Waals surface area contributed by atoms with Gasteiger partial charge in [-0.2, -0.15) is 13.2 Å². The maximum Gasteiger partial charge on any atom is 0.417 e. The molecule has 9 heteroatoms. The molecule has 0 amide bonds. The van der Waals surface area contributed by atoms with E-state index in [1.165, 1.54) is 18.2 Å². The fourth-order valence-corrected chi connectivity index (χ4v) is 3.01. The number of hydrogen-bond acceptors (Lipinski definition) is 5. The molecule has 2 aromatic rings. The van der Waals surface area contributed by atoms with Crippen molar-refractivity contribution in [3.8, 4) is 0 Å². The van der Waals surface area contributed by atoms with Gasteiger partial charge in [-0.25, -0.2) is 4.98 Å². The fourth-order valence-electron chi connectivity index (χ4n) is 3.01. The lowest BCUT2D eigenvalue weighted by molar-refractivity contribution is -0.384. The molecule has 1 saturated heterocycles. The van der Waals surface area contributed by atoms with E-state index in [1.54, 1.807) is 12.1 Å². The quantitative estimate of drug-likeness (QED) is 0.588. The Kier molecular flexibility index (Phi) is 5.59. The van der Waals surface area contributed by atoms with E-state index in [9.17, 15) is 23.3 Å². The van der Waals surface area contributed by atoms with Crippen molar-refractivity contribution in [2.75, 3.05) is 37.6 Å². The van der Waals surface area contributed by atoms with E-state index in [2.05, 4.69) is 9.88 Å². The van der Waals surface area contributed by atoms with Crippen molar-refractivity contribution in [2.24, 2.45) is 0 Å². The first-order valence-electron chi connectivity index (χ1n) is 8.57. The minimum Gasteiger partial charge on any atom is -0.354 e. The molecule has 0 aliphatic carbocycles. The Labute approximate surface area is 154 Å². The van der Waals surface area contributed by atoms with Crippen molar-refractivity contribution < 1.29 is 18.1 Å². The Morgan fingerprint density at radius 3 is 2.22 bits per heavy atom. The number of anilines is 1. The van der Waals surface area contributed by atoms with Crippen LogP contribution in [-0.4, -0.2) is 47.5 Å². The first kappa shape index (κ1) is 19.1. The monoisotopic (exact) mass is 380 g/mol. The smallest absolute Gasteiger partial charge is 0.354 e. The average Bonchev–Trinajstić information content (AvgIpc) is 2.66. The van der Waals surface area contributed by atoms with Gasteiger partial charge >= 0.3 is 6.18 Å². The number of hydrogen-bond donors (Lipinski definition) is 0. The van der Waals surface area contributed by atoms with E-state index in [0.717, 1.165) is 43.9 Å². The third kappa shape index (κ3) is 4.94. The zero-order valence-electron chi connectivity index (χ0n) is 14.5. The lowest BCUT2D eigenvalue weighted by Crippen LogP contribution is -2.47. The van der Waals surface area contributed by atoms with Gasteiger partial charge in [0, 0.05) is 51.1 Å². The highest BCUT2D eigenvalue weighted by Crippen LogP contribution is 2.29. The van der Waals surface area contributed by atoms with Gasteiger partial charge in [-0.15, -0.1) is 0 Å². The average molecular weight is 380 g/mol. The summed E-state index contributed by atoms with van der Waals surface area (Å²) in [6.07, 6.45) is -2.71. The van der Waals surface area contributed by atoms with E-state index >= 15 is 0 Å². The van der Waals surface area contributed by atoms with Crippen molar-refractivity contribution in [3.63, 3.8) is 0 Å². The van der Waals surface area contributed by atoms with Gasteiger partial charge < -0.3 is 4.90 Å². The van der Waals surface area contributed by atoms with E-state index in [4.69, 9.17) is 0 Å². The third-order valence-corrected chi connectivity index (χ3v) is 4.64. The van der Waals surface area contributed by atoms with Crippen LogP contribution in [-0.2, 0) is 12.6 Å². The van der Waals surface area contributed by atoms with Crippen LogP contribution in [0.4, 0.5) is 24.7 Å². The van der Waals surface area contributed by atoms with Crippen molar-refractivity contribution in [3.05, 3.63) is 63.8 Å². The van der Waals surface area contributed by atoms with Gasteiger partial charge in [-0.1, -0.05) is 12.1 Å². The van der Waals surface area contributed by atoms with Gasteiger partial charge in [0.2, 0.25) is 0 Å². The van der Waals surface area contributed by atoms with E-state index in [0.29, 0.717) is 18.9 Å². The van der Waals surface area contributed by atoms with E-state index < -0.39 is 16.7 Å². The zero-order chi connectivity index (χ0) is 19.4. The number of benzene rings is 1. The summed E-state index contributed by atoms with van der Waals surface area (Å²) in [5, 5.41) is 10.7. The minimum absolute atomic E-state index is 0.0800. The van der Waals surface area contributed by atoms with Crippen LogP contribution in [0.5, 0.6) is 0 Å². The van der Waals surface area contributed by atoms with Gasteiger partial charge in [-0.05, 0) is 24.1 Å². The Hall–Kier alpha value is -2.68. The molecule has 0 spiro atoms. The summed E-state index contributed by atoms with van der Waals surface area (Å²) < 4.78 is 37.8.